The van der Waals surface area contributed by atoms with Gasteiger partial charge in [0.2, 0.25) is 0 Å². The molecule has 0 aliphatic carbocycles. The molecular formula is C27H37INO11-. The van der Waals surface area contributed by atoms with E-state index in [2.05, 4.69) is 17.4 Å². The zero-order valence-corrected chi connectivity index (χ0v) is 26.0. The van der Waals surface area contributed by atoms with Gasteiger partial charge in [0.15, 0.2) is 5.78 Å². The molecule has 13 heteroatoms. The van der Waals surface area contributed by atoms with Gasteiger partial charge < -0.3 is 28.4 Å². The Morgan fingerprint density at radius 1 is 1.00 bits per heavy atom. The molecule has 12 nitrogen and oxygen atoms in total. The van der Waals surface area contributed by atoms with Crippen molar-refractivity contribution >= 4 is 11.8 Å². The van der Waals surface area contributed by atoms with Gasteiger partial charge in [-0.15, -0.1) is 0 Å². The van der Waals surface area contributed by atoms with Crippen molar-refractivity contribution in [2.75, 3.05) is 28.4 Å². The zero-order valence-electron chi connectivity index (χ0n) is 24.8. The van der Waals surface area contributed by atoms with Gasteiger partial charge in [-0.05, 0) is 45.9 Å². The van der Waals surface area contributed by atoms with E-state index in [1.165, 1.54) is 28.4 Å². The van der Waals surface area contributed by atoms with Crippen LogP contribution in [0.3, 0.4) is 0 Å². The van der Waals surface area contributed by atoms with Crippen molar-refractivity contribution in [3.63, 3.8) is 0 Å². The average molecular weight is 681 g/mol. The van der Waals surface area contributed by atoms with E-state index < -0.39 is 40.0 Å². The number of carbonyl (C=O) groups is 2. The number of esters is 1. The van der Waals surface area contributed by atoms with Crippen LogP contribution in [0.2, 0.25) is 0 Å². The van der Waals surface area contributed by atoms with Gasteiger partial charge in [-0.2, -0.15) is 0 Å². The van der Waals surface area contributed by atoms with Gasteiger partial charge in [-0.25, -0.2) is 0 Å². The number of halogens is 1. The number of ether oxygens (including phenoxy) is 6. The molecule has 40 heavy (non-hydrogen) atoms. The van der Waals surface area contributed by atoms with E-state index in [0.717, 1.165) is 11.3 Å². The van der Waals surface area contributed by atoms with Crippen molar-refractivity contribution in [1.29, 1.82) is 0.594 Å². The van der Waals surface area contributed by atoms with Crippen LogP contribution in [-0.4, -0.2) is 63.6 Å². The SMILES string of the molecule is CC1(C)CC(=O)c2ccccc2O1.COC(=O)C1c2ccccc2OC1(C)C.COC(OC)OC.[3H][I-]O[N+](=O)[O-]. The number of hydrogen-bond donors (Lipinski definition) is 0. The van der Waals surface area contributed by atoms with E-state index in [-0.39, 0.29) is 23.3 Å². The fourth-order valence-corrected chi connectivity index (χ4v) is 3.95. The summed E-state index contributed by atoms with van der Waals surface area (Å²) in [5.74, 6) is 1.08. The number of para-hydroxylation sites is 2. The number of rotatable bonds is 6. The van der Waals surface area contributed by atoms with E-state index >= 15 is 0 Å². The van der Waals surface area contributed by atoms with Gasteiger partial charge in [0.05, 0.1) is 19.1 Å². The summed E-state index contributed by atoms with van der Waals surface area (Å²) < 4.78 is 39.7. The van der Waals surface area contributed by atoms with Crippen LogP contribution >= 0.6 is 0 Å². The van der Waals surface area contributed by atoms with Crippen LogP contribution in [0.4, 0.5) is 0 Å². The summed E-state index contributed by atoms with van der Waals surface area (Å²) in [6.45, 7) is 7.14. The van der Waals surface area contributed by atoms with Crippen molar-refractivity contribution in [3.05, 3.63) is 69.8 Å². The first-order chi connectivity index (χ1) is 19.3. The maximum atomic E-state index is 11.7. The third-order valence-electron chi connectivity index (χ3n) is 5.53. The number of fused-ring (bicyclic) bond motifs is 2. The van der Waals surface area contributed by atoms with E-state index in [1.54, 1.807) is 0 Å². The zero-order chi connectivity index (χ0) is 31.2. The molecule has 0 amide bonds. The first-order valence-corrected chi connectivity index (χ1v) is 12.8. The molecule has 1 unspecified atom stereocenters. The van der Waals surface area contributed by atoms with E-state index in [9.17, 15) is 9.59 Å². The fraction of sp³-hybridized carbons (Fsp3) is 0.481. The molecule has 0 N–H and O–H groups in total. The Kier molecular flexibility index (Phi) is 13.5. The second-order valence-corrected chi connectivity index (χ2v) is 9.84. The molecule has 2 aliphatic heterocycles. The van der Waals surface area contributed by atoms with Crippen molar-refractivity contribution in [2.24, 2.45) is 0 Å². The number of ketones is 1. The molecular weight excluding hydrogens is 641 g/mol. The molecule has 0 fully saturated rings. The molecule has 0 spiro atoms. The van der Waals surface area contributed by atoms with Crippen LogP contribution < -0.4 is 32.3 Å². The third-order valence-corrected chi connectivity index (χ3v) is 5.85. The molecule has 1 atom stereocenters. The van der Waals surface area contributed by atoms with Gasteiger partial charge in [0.25, 0.3) is 6.48 Å². The monoisotopic (exact) mass is 680 g/mol. The minimum absolute atomic E-state index is 0.173. The summed E-state index contributed by atoms with van der Waals surface area (Å²) in [6.07, 6.45) is 0.462. The Labute approximate surface area is 248 Å². The molecule has 2 aromatic carbocycles. The van der Waals surface area contributed by atoms with Gasteiger partial charge in [-0.3, -0.25) is 9.59 Å². The molecule has 224 valence electrons. The number of Topliss-reactive ketones (excluding diaryl/α,β-unsaturated/α-hetero) is 1. The number of nitrogens with zero attached hydrogens (tertiary/aromatic N) is 1. The van der Waals surface area contributed by atoms with Crippen LogP contribution in [0, 0.1) is 10.1 Å². The maximum absolute atomic E-state index is 11.7. The van der Waals surface area contributed by atoms with Gasteiger partial charge in [0, 0.05) is 26.9 Å². The Morgan fingerprint density at radius 2 is 1.55 bits per heavy atom. The molecule has 2 aromatic rings. The van der Waals surface area contributed by atoms with Crippen molar-refractivity contribution in [3.8, 4) is 11.5 Å². The summed E-state index contributed by atoms with van der Waals surface area (Å²) in [6, 6.07) is 15.0. The van der Waals surface area contributed by atoms with Crippen LogP contribution in [0.25, 0.3) is 0 Å². The Hall–Kier alpha value is -3.01. The van der Waals surface area contributed by atoms with Gasteiger partial charge in [-0.1, -0.05) is 30.3 Å². The number of methoxy groups -OCH3 is 4. The Balaban J connectivity index is 0.000000294. The molecule has 0 radical (unpaired) electrons. The van der Waals surface area contributed by atoms with E-state index in [1.807, 2.05) is 76.2 Å². The molecule has 0 bridgehead atoms. The van der Waals surface area contributed by atoms with Crippen molar-refractivity contribution in [2.45, 2.75) is 57.7 Å². The third kappa shape index (κ3) is 10.5. The Morgan fingerprint density at radius 3 is 2.02 bits per heavy atom. The van der Waals surface area contributed by atoms with Crippen molar-refractivity contribution in [1.82, 2.24) is 0 Å². The minimum atomic E-state index is -1.38. The van der Waals surface area contributed by atoms with Crippen LogP contribution in [0.1, 0.15) is 56.0 Å². The number of hydrogen-bond acceptors (Lipinski definition) is 11. The van der Waals surface area contributed by atoms with Crippen LogP contribution in [0.15, 0.2) is 48.5 Å². The van der Waals surface area contributed by atoms with E-state index in [0.29, 0.717) is 17.7 Å². The van der Waals surface area contributed by atoms with Gasteiger partial charge in [0.1, 0.15) is 28.6 Å². The molecule has 2 heterocycles. The van der Waals surface area contributed by atoms with Crippen LogP contribution in [0.5, 0.6) is 11.5 Å². The summed E-state index contributed by atoms with van der Waals surface area (Å²) in [7, 11) is 5.94. The summed E-state index contributed by atoms with van der Waals surface area (Å²) >= 11 is -1.38. The molecule has 0 saturated heterocycles. The number of benzene rings is 2. The second-order valence-electron chi connectivity index (χ2n) is 9.45. The summed E-state index contributed by atoms with van der Waals surface area (Å²) in [4.78, 5) is 32.4. The average Bonchev–Trinajstić information content (AvgIpc) is 3.19. The van der Waals surface area contributed by atoms with E-state index in [4.69, 9.17) is 24.9 Å². The quantitative estimate of drug-likeness (QED) is 0.143. The predicted octanol–water partition coefficient (Wildman–Crippen LogP) is 1.15. The first kappa shape index (κ1) is 33.2. The Bertz CT molecular complexity index is 1140. The molecule has 4 rings (SSSR count). The van der Waals surface area contributed by atoms with Gasteiger partial charge >= 0.3 is 47.7 Å². The standard InChI is InChI=1S/C12H14O3.C11H12O2.C4H10O3.HINO3/c1-12(2)10(11(13)14-3)8-6-4-5-7-9(8)15-12;1-11(2)7-9(12)8-5-3-4-6-10(8)13-11;1-5-4(6-2)7-3;1-5-2(3)4/h4-7,10H,1-3H3;3-6H,7H2,1-2H3;4H,1-3H3;1H/q;;;-1/i;;;1T. The number of carbonyl (C=O) groups excluding carboxylic acids is 2. The molecule has 0 saturated carbocycles. The van der Waals surface area contributed by atoms with Crippen LogP contribution in [-0.2, 0) is 26.9 Å². The molecule has 0 aromatic heterocycles. The second kappa shape index (κ2) is 16.3. The summed E-state index contributed by atoms with van der Waals surface area (Å²) in [5, 5.41) is 8.13. The first-order valence-electron chi connectivity index (χ1n) is 12.3. The summed E-state index contributed by atoms with van der Waals surface area (Å²) in [5.41, 5.74) is 0.735. The predicted molar refractivity (Wildman–Crippen MR) is 140 cm³/mol. The normalized spacial score (nSPS) is 17.4. The topological polar surface area (TPSA) is 142 Å². The van der Waals surface area contributed by atoms with Crippen molar-refractivity contribution < 1.29 is 69.1 Å². The fourth-order valence-electron chi connectivity index (χ4n) is 3.95. The molecule has 2 aliphatic rings.